The van der Waals surface area contributed by atoms with Gasteiger partial charge in [-0.3, -0.25) is 0 Å². The van der Waals surface area contributed by atoms with E-state index in [2.05, 4.69) is 0 Å². The van der Waals surface area contributed by atoms with Crippen LogP contribution in [0.1, 0.15) is 31.2 Å². The molecular weight excluding hydrogens is 222 g/mol. The first-order valence-electron chi connectivity index (χ1n) is 5.64. The Morgan fingerprint density at radius 3 is 2.71 bits per heavy atom. The molecule has 0 unspecified atom stereocenters. The first kappa shape index (κ1) is 13.4. The van der Waals surface area contributed by atoms with Gasteiger partial charge in [-0.2, -0.15) is 0 Å². The second-order valence-electron chi connectivity index (χ2n) is 3.98. The molecular formula is C12H17NO4. The number of carbonyl (C=O) groups is 1. The number of carbonyl (C=O) groups excluding carboxylic acids is 1. The second kappa shape index (κ2) is 6.85. The molecule has 0 saturated heterocycles. The highest BCUT2D eigenvalue weighted by molar-refractivity contribution is 5.63. The van der Waals surface area contributed by atoms with Gasteiger partial charge in [0, 0.05) is 18.0 Å². The molecule has 0 radical (unpaired) electrons. The number of aliphatic hydroxyl groups excluding tert-OH is 1. The van der Waals surface area contributed by atoms with Crippen molar-refractivity contribution in [3.63, 3.8) is 0 Å². The number of rotatable bonds is 7. The third kappa shape index (κ3) is 5.31. The summed E-state index contributed by atoms with van der Waals surface area (Å²) < 4.78 is 1.79. The Kier molecular flexibility index (Phi) is 5.42. The van der Waals surface area contributed by atoms with Crippen LogP contribution in [-0.4, -0.2) is 16.2 Å². The van der Waals surface area contributed by atoms with Crippen LogP contribution in [0, 0.1) is 0 Å². The average Bonchev–Trinajstić information content (AvgIpc) is 2.27. The van der Waals surface area contributed by atoms with Crippen molar-refractivity contribution in [1.29, 1.82) is 0 Å². The van der Waals surface area contributed by atoms with Crippen LogP contribution in [0.15, 0.2) is 18.5 Å². The predicted molar refractivity (Wildman–Crippen MR) is 57.7 cm³/mol. The number of aromatic nitrogens is 1. The van der Waals surface area contributed by atoms with Gasteiger partial charge < -0.3 is 20.1 Å². The van der Waals surface area contributed by atoms with E-state index >= 15 is 0 Å². The summed E-state index contributed by atoms with van der Waals surface area (Å²) in [7, 11) is 0. The smallest absolute Gasteiger partial charge is 0.210 e. The van der Waals surface area contributed by atoms with E-state index in [4.69, 9.17) is 5.11 Å². The number of carboxylic acid groups (broad SMARTS) is 1. The molecule has 0 fully saturated rings. The summed E-state index contributed by atoms with van der Waals surface area (Å²) in [5, 5.41) is 28.5. The summed E-state index contributed by atoms with van der Waals surface area (Å²) in [6.07, 6.45) is 5.66. The fraction of sp³-hybridized carbons (Fsp3) is 0.500. The van der Waals surface area contributed by atoms with Crippen molar-refractivity contribution >= 4 is 5.97 Å². The highest BCUT2D eigenvalue weighted by Gasteiger charge is 2.06. The molecule has 0 aromatic carbocycles. The molecule has 0 aliphatic rings. The Labute approximate surface area is 100.0 Å². The Morgan fingerprint density at radius 2 is 2.06 bits per heavy atom. The number of aliphatic hydroxyl groups is 1. The van der Waals surface area contributed by atoms with E-state index < -0.39 is 5.97 Å². The molecule has 0 atom stereocenters. The first-order valence-corrected chi connectivity index (χ1v) is 5.64. The van der Waals surface area contributed by atoms with E-state index in [0.717, 1.165) is 12.8 Å². The molecule has 0 spiro atoms. The van der Waals surface area contributed by atoms with Crippen molar-refractivity contribution in [2.45, 2.75) is 38.8 Å². The van der Waals surface area contributed by atoms with Crippen molar-refractivity contribution in [1.82, 2.24) is 0 Å². The summed E-state index contributed by atoms with van der Waals surface area (Å²) >= 11 is 0. The summed E-state index contributed by atoms with van der Waals surface area (Å²) in [4.78, 5) is 10.2. The number of aryl methyl sites for hydroxylation is 1. The number of unbranched alkanes of at least 4 members (excludes halogenated alkanes) is 2. The number of pyridine rings is 1. The van der Waals surface area contributed by atoms with Crippen molar-refractivity contribution < 1.29 is 24.7 Å². The van der Waals surface area contributed by atoms with Crippen LogP contribution in [0.2, 0.25) is 0 Å². The molecule has 0 aliphatic carbocycles. The molecule has 1 rings (SSSR count). The first-order chi connectivity index (χ1) is 8.11. The normalized spacial score (nSPS) is 10.4. The molecule has 0 aliphatic heterocycles. The van der Waals surface area contributed by atoms with Gasteiger partial charge in [0.05, 0.1) is 6.61 Å². The Balaban J connectivity index is 2.36. The lowest BCUT2D eigenvalue weighted by Gasteiger charge is -2.02. The van der Waals surface area contributed by atoms with Crippen molar-refractivity contribution in [2.75, 3.05) is 0 Å². The van der Waals surface area contributed by atoms with E-state index in [0.29, 0.717) is 18.5 Å². The zero-order chi connectivity index (χ0) is 12.7. The molecule has 0 amide bonds. The topological polar surface area (TPSA) is 84.5 Å². The van der Waals surface area contributed by atoms with E-state index in [1.54, 1.807) is 17.0 Å². The molecule has 0 saturated carbocycles. The third-order valence-corrected chi connectivity index (χ3v) is 2.44. The Bertz CT molecular complexity index is 379. The molecule has 17 heavy (non-hydrogen) atoms. The monoisotopic (exact) mass is 239 g/mol. The molecule has 5 nitrogen and oxygen atoms in total. The lowest BCUT2D eigenvalue weighted by Crippen LogP contribution is -2.33. The van der Waals surface area contributed by atoms with Crippen LogP contribution in [0.5, 0.6) is 5.75 Å². The fourth-order valence-corrected chi connectivity index (χ4v) is 1.64. The quantitative estimate of drug-likeness (QED) is 0.495. The lowest BCUT2D eigenvalue weighted by atomic mass is 10.2. The second-order valence-corrected chi connectivity index (χ2v) is 3.98. The van der Waals surface area contributed by atoms with Gasteiger partial charge in [-0.15, -0.1) is 0 Å². The number of aliphatic carboxylic acids is 1. The maximum atomic E-state index is 10.2. The van der Waals surface area contributed by atoms with Gasteiger partial charge in [0.15, 0.2) is 11.9 Å². The summed E-state index contributed by atoms with van der Waals surface area (Å²) in [6.45, 7) is 0.577. The molecule has 2 N–H and O–H groups in total. The van der Waals surface area contributed by atoms with Gasteiger partial charge in [-0.1, -0.05) is 0 Å². The summed E-state index contributed by atoms with van der Waals surface area (Å²) in [5.41, 5.74) is 0.653. The predicted octanol–water partition coefficient (Wildman–Crippen LogP) is -0.518. The number of aromatic hydroxyl groups is 1. The average molecular weight is 239 g/mol. The van der Waals surface area contributed by atoms with Crippen molar-refractivity contribution in [2.24, 2.45) is 0 Å². The maximum absolute atomic E-state index is 10.2. The van der Waals surface area contributed by atoms with Crippen LogP contribution in [0.3, 0.4) is 0 Å². The highest BCUT2D eigenvalue weighted by atomic mass is 16.4. The van der Waals surface area contributed by atoms with Gasteiger partial charge in [0.2, 0.25) is 6.20 Å². The van der Waals surface area contributed by atoms with Crippen molar-refractivity contribution in [3.8, 4) is 5.75 Å². The molecule has 1 heterocycles. The standard InChI is InChI=1S/C12H17NO4/c14-9-10-6-11(15)8-13(7-10)5-3-1-2-4-12(16)17/h6-8,14H,1-5,9H2,(H-,15,16,17). The Hall–Kier alpha value is -1.62. The molecule has 0 bridgehead atoms. The van der Waals surface area contributed by atoms with Gasteiger partial charge in [-0.25, -0.2) is 4.57 Å². The number of hydrogen-bond acceptors (Lipinski definition) is 4. The third-order valence-electron chi connectivity index (χ3n) is 2.44. The zero-order valence-electron chi connectivity index (χ0n) is 9.63. The molecule has 1 aromatic rings. The van der Waals surface area contributed by atoms with Crippen molar-refractivity contribution in [3.05, 3.63) is 24.0 Å². The minimum absolute atomic E-state index is 0.0899. The number of carboxylic acids is 1. The Morgan fingerprint density at radius 1 is 1.29 bits per heavy atom. The maximum Gasteiger partial charge on any atom is 0.210 e. The van der Waals surface area contributed by atoms with Crippen LogP contribution in [0.25, 0.3) is 0 Å². The van der Waals surface area contributed by atoms with E-state index in [1.807, 2.05) is 0 Å². The molecule has 5 heteroatoms. The summed E-state index contributed by atoms with van der Waals surface area (Å²) in [6, 6.07) is 1.51. The van der Waals surface area contributed by atoms with Crippen LogP contribution in [-0.2, 0) is 17.9 Å². The highest BCUT2D eigenvalue weighted by Crippen LogP contribution is 2.07. The largest absolute Gasteiger partial charge is 0.550 e. The van der Waals surface area contributed by atoms with E-state index in [-0.39, 0.29) is 18.8 Å². The van der Waals surface area contributed by atoms with Gasteiger partial charge in [0.25, 0.3) is 0 Å². The summed E-state index contributed by atoms with van der Waals surface area (Å²) in [5.74, 6) is -0.899. The lowest BCUT2D eigenvalue weighted by molar-refractivity contribution is -0.698. The van der Waals surface area contributed by atoms with Gasteiger partial charge >= 0.3 is 0 Å². The number of nitrogens with zero attached hydrogens (tertiary/aromatic N) is 1. The SMILES string of the molecule is O=C([O-])CCCCC[n+]1cc(O)cc(CO)c1. The van der Waals surface area contributed by atoms with Gasteiger partial charge in [-0.05, 0) is 25.3 Å². The van der Waals surface area contributed by atoms with Crippen LogP contribution < -0.4 is 9.67 Å². The van der Waals surface area contributed by atoms with Crippen LogP contribution in [0.4, 0.5) is 0 Å². The minimum Gasteiger partial charge on any atom is -0.550 e. The molecule has 1 aromatic heterocycles. The van der Waals surface area contributed by atoms with E-state index in [9.17, 15) is 15.0 Å². The van der Waals surface area contributed by atoms with Gasteiger partial charge in [0.1, 0.15) is 6.54 Å². The van der Waals surface area contributed by atoms with Crippen LogP contribution >= 0.6 is 0 Å². The fourth-order valence-electron chi connectivity index (χ4n) is 1.64. The minimum atomic E-state index is -1.02. The van der Waals surface area contributed by atoms with E-state index in [1.165, 1.54) is 6.07 Å². The number of hydrogen-bond donors (Lipinski definition) is 2. The zero-order valence-corrected chi connectivity index (χ0v) is 9.63. The molecule has 94 valence electrons.